The molecule has 0 amide bonds. The third-order valence-electron chi connectivity index (χ3n) is 3.03. The van der Waals surface area contributed by atoms with Crippen LogP contribution in [0.1, 0.15) is 31.1 Å². The van der Waals surface area contributed by atoms with Crippen LogP contribution in [0, 0.1) is 12.7 Å². The number of halogens is 2. The minimum Gasteiger partial charge on any atom is -0.379 e. The molecule has 5 heteroatoms. The molecule has 19 heavy (non-hydrogen) atoms. The first-order valence-corrected chi connectivity index (χ1v) is 6.98. The predicted molar refractivity (Wildman–Crippen MR) is 78.8 cm³/mol. The first kappa shape index (κ1) is 14.1. The Morgan fingerprint density at radius 3 is 2.84 bits per heavy atom. The lowest BCUT2D eigenvalue weighted by atomic mass is 10.2. The van der Waals surface area contributed by atoms with Gasteiger partial charge in [0.25, 0.3) is 0 Å². The highest BCUT2D eigenvalue weighted by atomic mass is 79.9. The lowest BCUT2D eigenvalue weighted by Crippen LogP contribution is -2.09. The van der Waals surface area contributed by atoms with Crippen molar-refractivity contribution in [1.29, 1.82) is 0 Å². The molecular formula is C14H17BrFN3. The molecule has 2 aromatic rings. The maximum atomic E-state index is 13.4. The molecule has 1 heterocycles. The van der Waals surface area contributed by atoms with Gasteiger partial charge in [0.2, 0.25) is 0 Å². The second kappa shape index (κ2) is 5.74. The topological polar surface area (TPSA) is 29.9 Å². The number of hydrogen-bond donors (Lipinski definition) is 1. The summed E-state index contributed by atoms with van der Waals surface area (Å²) in [7, 11) is 0. The lowest BCUT2D eigenvalue weighted by Gasteiger charge is -2.14. The van der Waals surface area contributed by atoms with Crippen molar-refractivity contribution in [2.75, 3.05) is 5.32 Å². The van der Waals surface area contributed by atoms with Crippen LogP contribution in [0.15, 0.2) is 29.1 Å². The van der Waals surface area contributed by atoms with Gasteiger partial charge in [0.1, 0.15) is 5.82 Å². The number of benzene rings is 1. The van der Waals surface area contributed by atoms with E-state index in [-0.39, 0.29) is 5.82 Å². The van der Waals surface area contributed by atoms with Gasteiger partial charge in [-0.3, -0.25) is 0 Å². The predicted octanol–water partition coefficient (Wildman–Crippen LogP) is 4.29. The van der Waals surface area contributed by atoms with E-state index in [1.54, 1.807) is 6.07 Å². The maximum absolute atomic E-state index is 13.4. The Balaban J connectivity index is 2.15. The summed E-state index contributed by atoms with van der Waals surface area (Å²) in [6.07, 6.45) is 3.68. The normalized spacial score (nSPS) is 11.1. The molecule has 1 aromatic heterocycles. The molecule has 1 aromatic carbocycles. The first-order valence-electron chi connectivity index (χ1n) is 6.19. The highest BCUT2D eigenvalue weighted by molar-refractivity contribution is 9.10. The Morgan fingerprint density at radius 1 is 1.42 bits per heavy atom. The van der Waals surface area contributed by atoms with Crippen molar-refractivity contribution >= 4 is 21.6 Å². The van der Waals surface area contributed by atoms with Crippen molar-refractivity contribution < 1.29 is 4.39 Å². The van der Waals surface area contributed by atoms with E-state index in [0.717, 1.165) is 16.9 Å². The van der Waals surface area contributed by atoms with Gasteiger partial charge in [-0.1, -0.05) is 0 Å². The number of imidazole rings is 1. The number of rotatable bonds is 4. The fourth-order valence-corrected chi connectivity index (χ4v) is 2.30. The Bertz CT molecular complexity index is 578. The lowest BCUT2D eigenvalue weighted by molar-refractivity contribution is 0.577. The van der Waals surface area contributed by atoms with Crippen molar-refractivity contribution in [2.45, 2.75) is 33.4 Å². The Morgan fingerprint density at radius 2 is 2.16 bits per heavy atom. The number of anilines is 1. The average Bonchev–Trinajstić information content (AvgIpc) is 2.80. The van der Waals surface area contributed by atoms with Crippen molar-refractivity contribution in [3.05, 3.63) is 46.2 Å². The van der Waals surface area contributed by atoms with Crippen LogP contribution < -0.4 is 5.32 Å². The molecule has 2 rings (SSSR count). The molecule has 1 N–H and O–H groups in total. The van der Waals surface area contributed by atoms with Crippen molar-refractivity contribution in [1.82, 2.24) is 9.55 Å². The van der Waals surface area contributed by atoms with Crippen LogP contribution in [0.3, 0.4) is 0 Å². The van der Waals surface area contributed by atoms with Gasteiger partial charge < -0.3 is 9.88 Å². The van der Waals surface area contributed by atoms with Crippen LogP contribution in [0.5, 0.6) is 0 Å². The number of nitrogens with zero attached hydrogens (tertiary/aromatic N) is 2. The van der Waals surface area contributed by atoms with E-state index >= 15 is 0 Å². The molecule has 0 bridgehead atoms. The molecule has 0 aliphatic heterocycles. The summed E-state index contributed by atoms with van der Waals surface area (Å²) >= 11 is 3.20. The highest BCUT2D eigenvalue weighted by Gasteiger charge is 2.08. The first-order chi connectivity index (χ1) is 8.99. The molecule has 0 aliphatic carbocycles. The molecule has 0 saturated carbocycles. The summed E-state index contributed by atoms with van der Waals surface area (Å²) in [6, 6.07) is 3.66. The summed E-state index contributed by atoms with van der Waals surface area (Å²) in [5.74, 6) is -0.240. The van der Waals surface area contributed by atoms with Gasteiger partial charge >= 0.3 is 0 Å². The largest absolute Gasteiger partial charge is 0.379 e. The Kier molecular flexibility index (Phi) is 4.24. The van der Waals surface area contributed by atoms with E-state index in [1.165, 1.54) is 6.07 Å². The van der Waals surface area contributed by atoms with Crippen LogP contribution in [-0.2, 0) is 6.54 Å². The average molecular weight is 326 g/mol. The zero-order valence-corrected chi connectivity index (χ0v) is 12.8. The Hall–Kier alpha value is -1.36. The van der Waals surface area contributed by atoms with E-state index in [1.807, 2.05) is 19.4 Å². The van der Waals surface area contributed by atoms with Crippen LogP contribution in [0.2, 0.25) is 0 Å². The van der Waals surface area contributed by atoms with Gasteiger partial charge in [-0.05, 0) is 54.4 Å². The molecule has 3 nitrogen and oxygen atoms in total. The summed E-state index contributed by atoms with van der Waals surface area (Å²) < 4.78 is 15.9. The van der Waals surface area contributed by atoms with Crippen molar-refractivity contribution in [2.24, 2.45) is 0 Å². The van der Waals surface area contributed by atoms with E-state index in [0.29, 0.717) is 17.1 Å². The van der Waals surface area contributed by atoms with E-state index in [4.69, 9.17) is 0 Å². The molecule has 0 spiro atoms. The number of aryl methyl sites for hydroxylation is 1. The molecule has 0 atom stereocenters. The molecule has 0 radical (unpaired) electrons. The second-order valence-electron chi connectivity index (χ2n) is 4.82. The quantitative estimate of drug-likeness (QED) is 0.908. The maximum Gasteiger partial charge on any atom is 0.137 e. The third-order valence-corrected chi connectivity index (χ3v) is 3.64. The minimum absolute atomic E-state index is 0.240. The van der Waals surface area contributed by atoms with Gasteiger partial charge in [0.05, 0.1) is 23.0 Å². The van der Waals surface area contributed by atoms with Crippen LogP contribution in [0.4, 0.5) is 10.1 Å². The van der Waals surface area contributed by atoms with E-state index in [2.05, 4.69) is 44.6 Å². The van der Waals surface area contributed by atoms with Crippen molar-refractivity contribution in [3.63, 3.8) is 0 Å². The van der Waals surface area contributed by atoms with Gasteiger partial charge in [0.15, 0.2) is 0 Å². The molecule has 0 fully saturated rings. The molecule has 0 saturated heterocycles. The van der Waals surface area contributed by atoms with Crippen LogP contribution in [-0.4, -0.2) is 9.55 Å². The number of hydrogen-bond acceptors (Lipinski definition) is 2. The molecular weight excluding hydrogens is 309 g/mol. The van der Waals surface area contributed by atoms with Crippen LogP contribution in [0.25, 0.3) is 0 Å². The standard InChI is InChI=1S/C14H17BrFN3/c1-9(2)19-8-17-6-11(19)7-18-14-5-12(15)13(16)4-10(14)3/h4-6,8-9,18H,7H2,1-3H3. The SMILES string of the molecule is Cc1cc(F)c(Br)cc1NCc1cncn1C(C)C. The van der Waals surface area contributed by atoms with Crippen molar-refractivity contribution in [3.8, 4) is 0 Å². The third kappa shape index (κ3) is 3.15. The number of nitrogens with one attached hydrogen (secondary N) is 1. The van der Waals surface area contributed by atoms with Crippen LogP contribution >= 0.6 is 15.9 Å². The highest BCUT2D eigenvalue weighted by Crippen LogP contribution is 2.24. The Labute approximate surface area is 121 Å². The summed E-state index contributed by atoms with van der Waals surface area (Å²) in [5.41, 5.74) is 2.91. The van der Waals surface area contributed by atoms with E-state index in [9.17, 15) is 4.39 Å². The van der Waals surface area contributed by atoms with Gasteiger partial charge in [-0.25, -0.2) is 9.37 Å². The fourth-order valence-electron chi connectivity index (χ4n) is 1.96. The summed E-state index contributed by atoms with van der Waals surface area (Å²) in [4.78, 5) is 4.16. The minimum atomic E-state index is -0.240. The summed E-state index contributed by atoms with van der Waals surface area (Å²) in [6.45, 7) is 6.78. The zero-order chi connectivity index (χ0) is 14.0. The van der Waals surface area contributed by atoms with Gasteiger partial charge in [0, 0.05) is 17.9 Å². The summed E-state index contributed by atoms with van der Waals surface area (Å²) in [5, 5.41) is 3.32. The smallest absolute Gasteiger partial charge is 0.137 e. The molecule has 102 valence electrons. The molecule has 0 unspecified atom stereocenters. The second-order valence-corrected chi connectivity index (χ2v) is 5.68. The van der Waals surface area contributed by atoms with E-state index < -0.39 is 0 Å². The van der Waals surface area contributed by atoms with Gasteiger partial charge in [-0.15, -0.1) is 0 Å². The van der Waals surface area contributed by atoms with Gasteiger partial charge in [-0.2, -0.15) is 0 Å². The fraction of sp³-hybridized carbons (Fsp3) is 0.357. The monoisotopic (exact) mass is 325 g/mol. The number of aromatic nitrogens is 2. The zero-order valence-electron chi connectivity index (χ0n) is 11.2. The molecule has 0 aliphatic rings.